The molecule has 4 nitrogen and oxygen atoms in total. The fourth-order valence-corrected chi connectivity index (χ4v) is 2.89. The second kappa shape index (κ2) is 5.21. The number of aryl methyl sites for hydroxylation is 2. The van der Waals surface area contributed by atoms with Gasteiger partial charge in [0.15, 0.2) is 5.82 Å². The molecule has 1 aliphatic rings. The van der Waals surface area contributed by atoms with Gasteiger partial charge in [0.2, 0.25) is 0 Å². The van der Waals surface area contributed by atoms with Crippen molar-refractivity contribution in [1.82, 2.24) is 9.78 Å². The first-order valence-electron chi connectivity index (χ1n) is 7.15. The molecule has 0 radical (unpaired) electrons. The quantitative estimate of drug-likeness (QED) is 0.897. The largest absolute Gasteiger partial charge is 0.394 e. The van der Waals surface area contributed by atoms with Crippen molar-refractivity contribution >= 4 is 11.5 Å². The lowest BCUT2D eigenvalue weighted by atomic mass is 9.92. The first-order chi connectivity index (χ1) is 8.56. The minimum absolute atomic E-state index is 0.549. The van der Waals surface area contributed by atoms with Crippen molar-refractivity contribution in [1.29, 1.82) is 0 Å². The van der Waals surface area contributed by atoms with Crippen molar-refractivity contribution in [3.8, 4) is 0 Å². The molecule has 1 saturated heterocycles. The highest BCUT2D eigenvalue weighted by atomic mass is 15.4. The molecule has 2 atom stereocenters. The zero-order chi connectivity index (χ0) is 13.3. The average Bonchev–Trinajstić information content (AvgIpc) is 2.60. The van der Waals surface area contributed by atoms with Crippen molar-refractivity contribution in [2.75, 3.05) is 17.2 Å². The molecule has 2 rings (SSSR count). The summed E-state index contributed by atoms with van der Waals surface area (Å²) < 4.78 is 2.10. The molecule has 2 N–H and O–H groups in total. The highest BCUT2D eigenvalue weighted by Gasteiger charge is 2.29. The van der Waals surface area contributed by atoms with E-state index in [1.54, 1.807) is 0 Å². The molecule has 1 aromatic heterocycles. The van der Waals surface area contributed by atoms with Gasteiger partial charge in [-0.25, -0.2) is 4.68 Å². The molecule has 0 spiro atoms. The van der Waals surface area contributed by atoms with Gasteiger partial charge in [-0.2, -0.15) is 5.10 Å². The van der Waals surface area contributed by atoms with Crippen molar-refractivity contribution in [3.05, 3.63) is 5.69 Å². The summed E-state index contributed by atoms with van der Waals surface area (Å²) in [6.45, 7) is 10.9. The number of nitrogen functional groups attached to an aromatic ring is 1. The number of nitrogens with two attached hydrogens (primary N) is 1. The Morgan fingerprint density at radius 1 is 1.39 bits per heavy atom. The minimum Gasteiger partial charge on any atom is -0.394 e. The average molecular weight is 250 g/mol. The summed E-state index contributed by atoms with van der Waals surface area (Å²) in [5, 5.41) is 4.58. The lowest BCUT2D eigenvalue weighted by Crippen LogP contribution is -2.43. The molecule has 0 aromatic carbocycles. The Hall–Kier alpha value is -1.19. The van der Waals surface area contributed by atoms with Crippen LogP contribution in [-0.4, -0.2) is 22.4 Å². The van der Waals surface area contributed by atoms with Crippen molar-refractivity contribution in [2.24, 2.45) is 5.92 Å². The van der Waals surface area contributed by atoms with E-state index >= 15 is 0 Å². The lowest BCUT2D eigenvalue weighted by molar-refractivity contribution is 0.357. The van der Waals surface area contributed by atoms with Crippen LogP contribution in [0.1, 0.15) is 45.7 Å². The number of anilines is 2. The van der Waals surface area contributed by atoms with Crippen LogP contribution < -0.4 is 10.6 Å². The van der Waals surface area contributed by atoms with Crippen molar-refractivity contribution < 1.29 is 0 Å². The number of hydrogen-bond acceptors (Lipinski definition) is 3. The molecule has 0 saturated carbocycles. The van der Waals surface area contributed by atoms with Crippen LogP contribution in [0, 0.1) is 12.8 Å². The standard InChI is InChI=1S/C14H26N4/c1-5-8-18-14(13(15)11(3)16-18)17-9-6-7-10(2)12(17)4/h10,12H,5-9,15H2,1-4H3. The van der Waals surface area contributed by atoms with Gasteiger partial charge in [-0.3, -0.25) is 0 Å². The van der Waals surface area contributed by atoms with E-state index in [4.69, 9.17) is 5.73 Å². The Labute approximate surface area is 110 Å². The smallest absolute Gasteiger partial charge is 0.150 e. The number of rotatable bonds is 3. The Kier molecular flexibility index (Phi) is 3.83. The second-order valence-corrected chi connectivity index (χ2v) is 5.60. The topological polar surface area (TPSA) is 47.1 Å². The predicted molar refractivity (Wildman–Crippen MR) is 76.9 cm³/mol. The van der Waals surface area contributed by atoms with Crippen molar-refractivity contribution in [3.63, 3.8) is 0 Å². The van der Waals surface area contributed by atoms with Gasteiger partial charge in [-0.1, -0.05) is 13.8 Å². The van der Waals surface area contributed by atoms with Gasteiger partial charge in [-0.15, -0.1) is 0 Å². The molecule has 1 fully saturated rings. The third-order valence-corrected chi connectivity index (χ3v) is 4.23. The molecule has 2 heterocycles. The number of aromatic nitrogens is 2. The summed E-state index contributed by atoms with van der Waals surface area (Å²) in [5.74, 6) is 1.87. The fraction of sp³-hybridized carbons (Fsp3) is 0.786. The van der Waals surface area contributed by atoms with Gasteiger partial charge in [0.05, 0.1) is 11.4 Å². The van der Waals surface area contributed by atoms with Crippen molar-refractivity contribution in [2.45, 2.75) is 59.5 Å². The molecular weight excluding hydrogens is 224 g/mol. The molecule has 2 unspecified atom stereocenters. The van der Waals surface area contributed by atoms with Gasteiger partial charge >= 0.3 is 0 Å². The molecule has 0 amide bonds. The van der Waals surface area contributed by atoms with Crippen LogP contribution in [0.2, 0.25) is 0 Å². The predicted octanol–water partition coefficient (Wildman–Crippen LogP) is 2.81. The maximum Gasteiger partial charge on any atom is 0.150 e. The second-order valence-electron chi connectivity index (χ2n) is 5.60. The summed E-state index contributed by atoms with van der Waals surface area (Å²) in [4.78, 5) is 2.46. The van der Waals surface area contributed by atoms with Gasteiger partial charge < -0.3 is 10.6 Å². The van der Waals surface area contributed by atoms with E-state index in [1.807, 2.05) is 6.92 Å². The molecule has 18 heavy (non-hydrogen) atoms. The molecule has 102 valence electrons. The molecule has 1 aromatic rings. The maximum atomic E-state index is 6.25. The normalized spacial score (nSPS) is 24.6. The van der Waals surface area contributed by atoms with E-state index in [2.05, 4.69) is 35.5 Å². The van der Waals surface area contributed by atoms with Gasteiger partial charge in [0.1, 0.15) is 0 Å². The van der Waals surface area contributed by atoms with Crippen LogP contribution in [0.4, 0.5) is 11.5 Å². The Morgan fingerprint density at radius 2 is 2.11 bits per heavy atom. The summed E-state index contributed by atoms with van der Waals surface area (Å²) in [6, 6.07) is 0.549. The lowest BCUT2D eigenvalue weighted by Gasteiger charge is -2.39. The molecule has 4 heteroatoms. The highest BCUT2D eigenvalue weighted by Crippen LogP contribution is 2.33. The zero-order valence-corrected chi connectivity index (χ0v) is 12.1. The molecule has 0 bridgehead atoms. The van der Waals surface area contributed by atoms with Crippen LogP contribution in [0.25, 0.3) is 0 Å². The summed E-state index contributed by atoms with van der Waals surface area (Å²) in [6.07, 6.45) is 3.66. The van der Waals surface area contributed by atoms with E-state index in [-0.39, 0.29) is 0 Å². The Bertz CT molecular complexity index is 410. The van der Waals surface area contributed by atoms with E-state index in [1.165, 1.54) is 12.8 Å². The monoisotopic (exact) mass is 250 g/mol. The van der Waals surface area contributed by atoms with E-state index in [0.717, 1.165) is 42.6 Å². The Morgan fingerprint density at radius 3 is 2.78 bits per heavy atom. The Balaban J connectivity index is 2.36. The van der Waals surface area contributed by atoms with Gasteiger partial charge in [-0.05, 0) is 39.0 Å². The molecular formula is C14H26N4. The first kappa shape index (κ1) is 13.2. The number of hydrogen-bond donors (Lipinski definition) is 1. The van der Waals surface area contributed by atoms with Crippen LogP contribution in [0.3, 0.4) is 0 Å². The van der Waals surface area contributed by atoms with Crippen LogP contribution in [0.15, 0.2) is 0 Å². The maximum absolute atomic E-state index is 6.25. The van der Waals surface area contributed by atoms with Crippen LogP contribution in [-0.2, 0) is 6.54 Å². The van der Waals surface area contributed by atoms with E-state index in [0.29, 0.717) is 6.04 Å². The number of nitrogens with zero attached hydrogens (tertiary/aromatic N) is 3. The minimum atomic E-state index is 0.549. The number of piperidine rings is 1. The third kappa shape index (κ3) is 2.20. The van der Waals surface area contributed by atoms with E-state index < -0.39 is 0 Å². The zero-order valence-electron chi connectivity index (χ0n) is 12.1. The summed E-state index contributed by atoms with van der Waals surface area (Å²) >= 11 is 0. The SMILES string of the molecule is CCCn1nc(C)c(N)c1N1CCCC(C)C1C. The third-order valence-electron chi connectivity index (χ3n) is 4.23. The highest BCUT2D eigenvalue weighted by molar-refractivity contribution is 5.66. The first-order valence-corrected chi connectivity index (χ1v) is 7.15. The summed E-state index contributed by atoms with van der Waals surface area (Å²) in [7, 11) is 0. The summed E-state index contributed by atoms with van der Waals surface area (Å²) in [5.41, 5.74) is 8.07. The van der Waals surface area contributed by atoms with Gasteiger partial charge in [0.25, 0.3) is 0 Å². The fourth-order valence-electron chi connectivity index (χ4n) is 2.89. The van der Waals surface area contributed by atoms with Crippen LogP contribution >= 0.6 is 0 Å². The van der Waals surface area contributed by atoms with Gasteiger partial charge in [0, 0.05) is 19.1 Å². The van der Waals surface area contributed by atoms with Crippen LogP contribution in [0.5, 0.6) is 0 Å². The molecule has 1 aliphatic heterocycles. The van der Waals surface area contributed by atoms with E-state index in [9.17, 15) is 0 Å². The molecule has 0 aliphatic carbocycles.